The number of fused-ring (bicyclic) bond motifs is 1. The molecule has 0 N–H and O–H groups in total. The molecule has 2 aliphatic heterocycles. The van der Waals surface area contributed by atoms with Crippen molar-refractivity contribution < 1.29 is 17.6 Å². The van der Waals surface area contributed by atoms with Crippen molar-refractivity contribution in [3.63, 3.8) is 0 Å². The number of aromatic nitrogens is 2. The van der Waals surface area contributed by atoms with E-state index in [0.29, 0.717) is 10.2 Å². The molecule has 0 saturated carbocycles. The minimum absolute atomic E-state index is 0.155. The van der Waals surface area contributed by atoms with Gasteiger partial charge in [-0.1, -0.05) is 12.1 Å². The molecule has 31 heavy (non-hydrogen) atoms. The van der Waals surface area contributed by atoms with Crippen molar-refractivity contribution in [1.82, 2.24) is 14.9 Å². The van der Waals surface area contributed by atoms with Crippen LogP contribution >= 0.6 is 11.3 Å². The molecule has 3 aromatic rings. The number of nitrogens with zero attached hydrogens (tertiary/aromatic N) is 4. The molecule has 2 aromatic heterocycles. The highest BCUT2D eigenvalue weighted by Gasteiger charge is 2.44. The molecule has 0 radical (unpaired) electrons. The molecule has 2 aliphatic rings. The van der Waals surface area contributed by atoms with E-state index in [4.69, 9.17) is 0 Å². The van der Waals surface area contributed by atoms with E-state index < -0.39 is 12.6 Å². The second kappa shape index (κ2) is 7.70. The van der Waals surface area contributed by atoms with Gasteiger partial charge in [0.1, 0.15) is 22.8 Å². The number of thiophene rings is 1. The smallest absolute Gasteiger partial charge is 0.355 e. The highest BCUT2D eigenvalue weighted by atomic mass is 32.1. The summed E-state index contributed by atoms with van der Waals surface area (Å²) in [4.78, 5) is 14.1. The Labute approximate surface area is 181 Å². The van der Waals surface area contributed by atoms with Crippen molar-refractivity contribution in [2.75, 3.05) is 31.1 Å². The van der Waals surface area contributed by atoms with Crippen molar-refractivity contribution in [1.29, 1.82) is 0 Å². The van der Waals surface area contributed by atoms with Gasteiger partial charge in [-0.2, -0.15) is 13.2 Å². The van der Waals surface area contributed by atoms with E-state index in [-0.39, 0.29) is 16.1 Å². The zero-order chi connectivity index (χ0) is 21.6. The summed E-state index contributed by atoms with van der Waals surface area (Å²) >= 11 is 1.09. The number of halogens is 4. The summed E-state index contributed by atoms with van der Waals surface area (Å²) in [5, 5.41) is 0.713. The molecule has 0 bridgehead atoms. The Kier molecular flexibility index (Phi) is 5.13. The maximum atomic E-state index is 13.2. The highest BCUT2D eigenvalue weighted by molar-refractivity contribution is 7.18. The van der Waals surface area contributed by atoms with Crippen LogP contribution in [0, 0.1) is 11.2 Å². The van der Waals surface area contributed by atoms with E-state index in [2.05, 4.69) is 19.8 Å². The Bertz CT molecular complexity index is 1080. The van der Waals surface area contributed by atoms with Gasteiger partial charge in [0.05, 0.1) is 11.8 Å². The Hall–Kier alpha value is -2.26. The van der Waals surface area contributed by atoms with Crippen LogP contribution < -0.4 is 4.90 Å². The lowest BCUT2D eigenvalue weighted by Crippen LogP contribution is -2.31. The van der Waals surface area contributed by atoms with Gasteiger partial charge < -0.3 is 4.90 Å². The fourth-order valence-corrected chi connectivity index (χ4v) is 5.91. The summed E-state index contributed by atoms with van der Waals surface area (Å²) < 4.78 is 51.6. The van der Waals surface area contributed by atoms with Crippen LogP contribution in [0.5, 0.6) is 0 Å². The van der Waals surface area contributed by atoms with Crippen LogP contribution in [0.4, 0.5) is 23.4 Å². The molecule has 2 fully saturated rings. The number of hydrogen-bond donors (Lipinski definition) is 0. The molecule has 1 aromatic carbocycles. The summed E-state index contributed by atoms with van der Waals surface area (Å²) in [6, 6.07) is 8.24. The van der Waals surface area contributed by atoms with Gasteiger partial charge >= 0.3 is 6.18 Å². The molecule has 4 heterocycles. The lowest BCUT2D eigenvalue weighted by Gasteiger charge is -2.25. The first-order valence-corrected chi connectivity index (χ1v) is 11.1. The number of rotatable bonds is 4. The van der Waals surface area contributed by atoms with E-state index in [1.165, 1.54) is 18.5 Å². The van der Waals surface area contributed by atoms with E-state index in [1.807, 2.05) is 12.1 Å². The topological polar surface area (TPSA) is 32.3 Å². The average molecular weight is 451 g/mol. The van der Waals surface area contributed by atoms with Crippen molar-refractivity contribution in [3.05, 3.63) is 52.9 Å². The van der Waals surface area contributed by atoms with E-state index >= 15 is 0 Å². The second-order valence-electron chi connectivity index (χ2n) is 8.68. The molecule has 164 valence electrons. The van der Waals surface area contributed by atoms with E-state index in [0.717, 1.165) is 68.3 Å². The first kappa shape index (κ1) is 20.6. The van der Waals surface area contributed by atoms with Gasteiger partial charge in [-0.3, -0.25) is 4.90 Å². The minimum atomic E-state index is -4.23. The molecule has 9 heteroatoms. The fourth-order valence-electron chi connectivity index (χ4n) is 4.89. The Balaban J connectivity index is 1.30. The molecule has 0 aliphatic carbocycles. The van der Waals surface area contributed by atoms with Gasteiger partial charge in [-0.15, -0.1) is 11.3 Å². The van der Waals surface area contributed by atoms with Gasteiger partial charge in [-0.25, -0.2) is 14.4 Å². The summed E-state index contributed by atoms with van der Waals surface area (Å²) in [6.07, 6.45) is -1.62. The van der Waals surface area contributed by atoms with Gasteiger partial charge in [-0.05, 0) is 43.1 Å². The lowest BCUT2D eigenvalue weighted by molar-refractivity contribution is -0.126. The third kappa shape index (κ3) is 4.39. The predicted molar refractivity (Wildman–Crippen MR) is 113 cm³/mol. The Morgan fingerprint density at radius 3 is 2.58 bits per heavy atom. The predicted octanol–water partition coefficient (Wildman–Crippen LogP) is 5.04. The Morgan fingerprint density at radius 1 is 1.03 bits per heavy atom. The third-order valence-corrected chi connectivity index (χ3v) is 7.35. The van der Waals surface area contributed by atoms with Crippen LogP contribution in [0.1, 0.15) is 23.3 Å². The number of benzene rings is 1. The normalized spacial score (nSPS) is 22.3. The van der Waals surface area contributed by atoms with E-state index in [9.17, 15) is 17.6 Å². The molecular weight excluding hydrogens is 428 g/mol. The van der Waals surface area contributed by atoms with Crippen LogP contribution in [0.25, 0.3) is 10.2 Å². The SMILES string of the molecule is Fc1ccc(CN2CCC3(CCN(c4ncnc5sc(CC(F)(F)F)cc45)C3)C2)cc1. The van der Waals surface area contributed by atoms with Crippen LogP contribution in [0.2, 0.25) is 0 Å². The monoisotopic (exact) mass is 450 g/mol. The van der Waals surface area contributed by atoms with Crippen molar-refractivity contribution in [2.24, 2.45) is 5.41 Å². The number of anilines is 1. The fraction of sp³-hybridized carbons (Fsp3) is 0.455. The Morgan fingerprint density at radius 2 is 1.81 bits per heavy atom. The molecular formula is C22H22F4N4S. The van der Waals surface area contributed by atoms with Gasteiger partial charge in [0.25, 0.3) is 0 Å². The van der Waals surface area contributed by atoms with Crippen molar-refractivity contribution in [3.8, 4) is 0 Å². The van der Waals surface area contributed by atoms with Crippen LogP contribution in [0.3, 0.4) is 0 Å². The molecule has 2 saturated heterocycles. The zero-order valence-corrected chi connectivity index (χ0v) is 17.6. The number of alkyl halides is 3. The number of likely N-dealkylation sites (tertiary alicyclic amines) is 1. The van der Waals surface area contributed by atoms with Crippen LogP contribution in [0.15, 0.2) is 36.7 Å². The van der Waals surface area contributed by atoms with Crippen molar-refractivity contribution in [2.45, 2.75) is 32.0 Å². The number of hydrogen-bond acceptors (Lipinski definition) is 5. The summed E-state index contributed by atoms with van der Waals surface area (Å²) in [7, 11) is 0. The van der Waals surface area contributed by atoms with Crippen molar-refractivity contribution >= 4 is 27.4 Å². The molecule has 1 atom stereocenters. The molecule has 5 rings (SSSR count). The molecule has 0 amide bonds. The molecule has 1 spiro atoms. The summed E-state index contributed by atoms with van der Waals surface area (Å²) in [5.74, 6) is 0.514. The summed E-state index contributed by atoms with van der Waals surface area (Å²) in [5.41, 5.74) is 1.25. The van der Waals surface area contributed by atoms with Gasteiger partial charge in [0.2, 0.25) is 0 Å². The first-order chi connectivity index (χ1) is 14.8. The lowest BCUT2D eigenvalue weighted by atomic mass is 9.86. The van der Waals surface area contributed by atoms with E-state index in [1.54, 1.807) is 6.07 Å². The summed E-state index contributed by atoms with van der Waals surface area (Å²) in [6.45, 7) is 4.41. The van der Waals surface area contributed by atoms with Crippen LogP contribution in [-0.4, -0.2) is 47.2 Å². The average Bonchev–Trinajstić information content (AvgIpc) is 3.41. The van der Waals surface area contributed by atoms with Gasteiger partial charge in [0, 0.05) is 36.5 Å². The largest absolute Gasteiger partial charge is 0.393 e. The second-order valence-corrected chi connectivity index (χ2v) is 9.79. The minimum Gasteiger partial charge on any atom is -0.355 e. The van der Waals surface area contributed by atoms with Gasteiger partial charge in [0.15, 0.2) is 0 Å². The van der Waals surface area contributed by atoms with Crippen LogP contribution in [-0.2, 0) is 13.0 Å². The quantitative estimate of drug-likeness (QED) is 0.522. The maximum Gasteiger partial charge on any atom is 0.393 e. The first-order valence-electron chi connectivity index (χ1n) is 10.3. The standard InChI is InChI=1S/C22H22F4N4S/c23-16-3-1-15(2-4-16)11-29-7-5-21(12-29)6-8-30(13-21)19-18-9-17(10-22(24,25)26)31-20(18)28-14-27-19/h1-4,9,14H,5-8,10-13H2. The molecule has 4 nitrogen and oxygen atoms in total. The highest BCUT2D eigenvalue weighted by Crippen LogP contribution is 2.43. The maximum absolute atomic E-state index is 13.2. The molecule has 1 unspecified atom stereocenters. The zero-order valence-electron chi connectivity index (χ0n) is 16.8. The third-order valence-electron chi connectivity index (χ3n) is 6.31.